The molecule has 0 aliphatic carbocycles. The van der Waals surface area contributed by atoms with Crippen LogP contribution in [0.3, 0.4) is 0 Å². The van der Waals surface area contributed by atoms with Crippen molar-refractivity contribution in [2.75, 3.05) is 0 Å². The molecule has 3 N–H and O–H groups in total. The van der Waals surface area contributed by atoms with E-state index in [-0.39, 0.29) is 10.3 Å². The van der Waals surface area contributed by atoms with Gasteiger partial charge in [0, 0.05) is 12.3 Å². The standard InChI is InChI=1S/C10H14N2O4S/c1-5-7(14)10(2,15)8(16-5)12-4-3-6(13)11-9(12)17/h3-5,7-8,14-15H,1-2H3,(H,11,13,17)/t5?,7?,8-,10-/m1/s1. The zero-order valence-electron chi connectivity index (χ0n) is 9.45. The highest BCUT2D eigenvalue weighted by molar-refractivity contribution is 7.71. The zero-order chi connectivity index (χ0) is 12.8. The molecular formula is C10H14N2O4S. The van der Waals surface area contributed by atoms with Gasteiger partial charge in [0.1, 0.15) is 11.7 Å². The molecule has 1 aromatic rings. The smallest absolute Gasteiger partial charge is 0.251 e. The fourth-order valence-electron chi connectivity index (χ4n) is 2.00. The highest BCUT2D eigenvalue weighted by Gasteiger charge is 2.51. The number of rotatable bonds is 1. The van der Waals surface area contributed by atoms with E-state index in [0.717, 1.165) is 0 Å². The van der Waals surface area contributed by atoms with Crippen LogP contribution in [0, 0.1) is 4.77 Å². The number of nitrogens with zero attached hydrogens (tertiary/aromatic N) is 1. The van der Waals surface area contributed by atoms with E-state index in [1.165, 1.54) is 23.8 Å². The van der Waals surface area contributed by atoms with Crippen molar-refractivity contribution in [3.63, 3.8) is 0 Å². The Labute approximate surface area is 102 Å². The van der Waals surface area contributed by atoms with Crippen molar-refractivity contribution < 1.29 is 14.9 Å². The van der Waals surface area contributed by atoms with Gasteiger partial charge in [0.15, 0.2) is 11.0 Å². The second-order valence-corrected chi connectivity index (χ2v) is 4.77. The molecule has 2 unspecified atom stereocenters. The van der Waals surface area contributed by atoms with Gasteiger partial charge in [-0.1, -0.05) is 0 Å². The van der Waals surface area contributed by atoms with Crippen molar-refractivity contribution in [3.05, 3.63) is 27.4 Å². The second kappa shape index (κ2) is 4.02. The average Bonchev–Trinajstić information content (AvgIpc) is 2.43. The lowest BCUT2D eigenvalue weighted by Gasteiger charge is -2.27. The summed E-state index contributed by atoms with van der Waals surface area (Å²) in [4.78, 5) is 13.5. The molecule has 7 heteroatoms. The summed E-state index contributed by atoms with van der Waals surface area (Å²) >= 11 is 4.99. The van der Waals surface area contributed by atoms with Gasteiger partial charge in [-0.25, -0.2) is 0 Å². The minimum Gasteiger partial charge on any atom is -0.387 e. The number of ether oxygens (including phenoxy) is 1. The number of hydrogen-bond acceptors (Lipinski definition) is 5. The summed E-state index contributed by atoms with van der Waals surface area (Å²) in [6, 6.07) is 1.28. The van der Waals surface area contributed by atoms with Crippen molar-refractivity contribution in [2.24, 2.45) is 0 Å². The minimum absolute atomic E-state index is 0.143. The summed E-state index contributed by atoms with van der Waals surface area (Å²) < 4.78 is 7.03. The van der Waals surface area contributed by atoms with Crippen molar-refractivity contribution in [1.82, 2.24) is 9.55 Å². The minimum atomic E-state index is -1.46. The Kier molecular flexibility index (Phi) is 2.94. The van der Waals surface area contributed by atoms with Gasteiger partial charge in [-0.2, -0.15) is 0 Å². The highest BCUT2D eigenvalue weighted by Crippen LogP contribution is 2.37. The Morgan fingerprint density at radius 2 is 2.29 bits per heavy atom. The maximum Gasteiger partial charge on any atom is 0.251 e. The molecule has 0 saturated carbocycles. The Morgan fingerprint density at radius 1 is 1.65 bits per heavy atom. The Hall–Kier alpha value is -1.02. The molecule has 4 atom stereocenters. The first kappa shape index (κ1) is 12.4. The van der Waals surface area contributed by atoms with E-state index >= 15 is 0 Å². The third-order valence-electron chi connectivity index (χ3n) is 2.99. The summed E-state index contributed by atoms with van der Waals surface area (Å²) in [5.41, 5.74) is -1.78. The monoisotopic (exact) mass is 258 g/mol. The summed E-state index contributed by atoms with van der Waals surface area (Å²) in [5, 5.41) is 20.0. The molecule has 1 aromatic heterocycles. The summed E-state index contributed by atoms with van der Waals surface area (Å²) in [6.45, 7) is 3.13. The predicted molar refractivity (Wildman–Crippen MR) is 62.1 cm³/mol. The molecule has 94 valence electrons. The maximum atomic E-state index is 11.1. The number of aromatic amines is 1. The number of hydrogen-bond donors (Lipinski definition) is 3. The molecule has 6 nitrogen and oxygen atoms in total. The first-order valence-electron chi connectivity index (χ1n) is 5.21. The van der Waals surface area contributed by atoms with E-state index in [9.17, 15) is 15.0 Å². The molecule has 1 fully saturated rings. The van der Waals surface area contributed by atoms with Crippen LogP contribution in [0.4, 0.5) is 0 Å². The van der Waals surface area contributed by atoms with E-state index in [1.807, 2.05) is 0 Å². The van der Waals surface area contributed by atoms with Crippen LogP contribution >= 0.6 is 12.2 Å². The molecule has 2 heterocycles. The van der Waals surface area contributed by atoms with Gasteiger partial charge in [0.2, 0.25) is 0 Å². The summed E-state index contributed by atoms with van der Waals surface area (Å²) in [5.74, 6) is 0. The van der Waals surface area contributed by atoms with Gasteiger partial charge in [-0.05, 0) is 26.1 Å². The van der Waals surface area contributed by atoms with Crippen molar-refractivity contribution in [3.8, 4) is 0 Å². The Morgan fingerprint density at radius 3 is 2.76 bits per heavy atom. The molecule has 0 spiro atoms. The van der Waals surface area contributed by atoms with Crippen molar-refractivity contribution >= 4 is 12.2 Å². The number of aromatic nitrogens is 2. The molecule has 17 heavy (non-hydrogen) atoms. The quantitative estimate of drug-likeness (QED) is 0.614. The van der Waals surface area contributed by atoms with Gasteiger partial charge in [0.25, 0.3) is 5.56 Å². The molecule has 0 aromatic carbocycles. The van der Waals surface area contributed by atoms with Crippen LogP contribution in [0.2, 0.25) is 0 Å². The number of nitrogens with one attached hydrogen (secondary N) is 1. The lowest BCUT2D eigenvalue weighted by atomic mass is 9.97. The lowest BCUT2D eigenvalue weighted by Crippen LogP contribution is -2.43. The molecular weight excluding hydrogens is 244 g/mol. The molecule has 0 amide bonds. The number of H-pyrrole nitrogens is 1. The molecule has 1 aliphatic heterocycles. The normalized spacial score (nSPS) is 37.3. The van der Waals surface area contributed by atoms with E-state index in [1.54, 1.807) is 6.92 Å². The number of aliphatic hydroxyl groups is 2. The zero-order valence-corrected chi connectivity index (χ0v) is 10.3. The number of aliphatic hydroxyl groups excluding tert-OH is 1. The second-order valence-electron chi connectivity index (χ2n) is 4.38. The van der Waals surface area contributed by atoms with Crippen LogP contribution in [0.1, 0.15) is 20.1 Å². The van der Waals surface area contributed by atoms with E-state index in [4.69, 9.17) is 17.0 Å². The fourth-order valence-corrected chi connectivity index (χ4v) is 2.25. The Bertz CT molecular complexity index is 536. The van der Waals surface area contributed by atoms with E-state index < -0.39 is 24.0 Å². The van der Waals surface area contributed by atoms with E-state index in [2.05, 4.69) is 4.98 Å². The topological polar surface area (TPSA) is 87.5 Å². The van der Waals surface area contributed by atoms with Gasteiger partial charge in [0.05, 0.1) is 6.10 Å². The van der Waals surface area contributed by atoms with Crippen LogP contribution in [0.15, 0.2) is 17.1 Å². The van der Waals surface area contributed by atoms with Gasteiger partial charge in [-0.15, -0.1) is 0 Å². The SMILES string of the molecule is CC1O[C@@H](n2ccc(=O)[nH]c2=S)[C@](C)(O)C1O. The third kappa shape index (κ3) is 1.95. The Balaban J connectivity index is 2.48. The van der Waals surface area contributed by atoms with Crippen LogP contribution in [0.25, 0.3) is 0 Å². The van der Waals surface area contributed by atoms with Gasteiger partial charge >= 0.3 is 0 Å². The van der Waals surface area contributed by atoms with Crippen molar-refractivity contribution in [2.45, 2.75) is 37.9 Å². The first-order chi connectivity index (χ1) is 7.84. The lowest BCUT2D eigenvalue weighted by molar-refractivity contribution is -0.0963. The molecule has 2 rings (SSSR count). The van der Waals surface area contributed by atoms with Crippen LogP contribution in [-0.2, 0) is 4.74 Å². The van der Waals surface area contributed by atoms with Crippen molar-refractivity contribution in [1.29, 1.82) is 0 Å². The molecule has 1 saturated heterocycles. The van der Waals surface area contributed by atoms with Crippen LogP contribution in [-0.4, -0.2) is 37.6 Å². The van der Waals surface area contributed by atoms with Gasteiger partial charge < -0.3 is 14.9 Å². The summed E-state index contributed by atoms with van der Waals surface area (Å²) in [6.07, 6.45) is -0.910. The summed E-state index contributed by atoms with van der Waals surface area (Å²) in [7, 11) is 0. The molecule has 1 aliphatic rings. The first-order valence-corrected chi connectivity index (χ1v) is 5.62. The maximum absolute atomic E-state index is 11.1. The van der Waals surface area contributed by atoms with Crippen LogP contribution in [0.5, 0.6) is 0 Å². The van der Waals surface area contributed by atoms with Gasteiger partial charge in [-0.3, -0.25) is 14.3 Å². The molecule has 0 bridgehead atoms. The average molecular weight is 258 g/mol. The highest BCUT2D eigenvalue weighted by atomic mass is 32.1. The van der Waals surface area contributed by atoms with E-state index in [0.29, 0.717) is 0 Å². The van der Waals surface area contributed by atoms with Crippen LogP contribution < -0.4 is 5.56 Å². The largest absolute Gasteiger partial charge is 0.387 e. The third-order valence-corrected chi connectivity index (χ3v) is 3.30. The predicted octanol–water partition coefficient (Wildman–Crippen LogP) is -0.0649. The fraction of sp³-hybridized carbons (Fsp3) is 0.600. The molecule has 0 radical (unpaired) electrons.